The summed E-state index contributed by atoms with van der Waals surface area (Å²) < 4.78 is 5.45. The average molecular weight is 746 g/mol. The molecule has 2 aromatic heterocycles. The summed E-state index contributed by atoms with van der Waals surface area (Å²) in [4.78, 5) is 62.7. The molecule has 4 rings (SSSR count). The van der Waals surface area contributed by atoms with Gasteiger partial charge in [0.2, 0.25) is 11.8 Å². The number of amides is 5. The number of hydrogen-bond acceptors (Lipinski definition) is 9. The molecule has 4 aromatic rings. The number of nitrogens with zero attached hydrogens (tertiary/aromatic N) is 3. The van der Waals surface area contributed by atoms with Crippen molar-refractivity contribution in [2.75, 3.05) is 13.6 Å². The fourth-order valence-electron chi connectivity index (χ4n) is 5.16. The van der Waals surface area contributed by atoms with Crippen LogP contribution in [0.25, 0.3) is 0 Å². The van der Waals surface area contributed by atoms with Crippen LogP contribution in [0.15, 0.2) is 89.9 Å². The summed E-state index contributed by atoms with van der Waals surface area (Å²) in [5.74, 6) is -0.366. The summed E-state index contributed by atoms with van der Waals surface area (Å²) in [5, 5.41) is 14.5. The summed E-state index contributed by atoms with van der Waals surface area (Å²) >= 11 is 2.95. The van der Waals surface area contributed by atoms with Crippen molar-refractivity contribution >= 4 is 46.6 Å². The molecule has 5 amide bonds. The second kappa shape index (κ2) is 20.7. The van der Waals surface area contributed by atoms with E-state index in [1.807, 2.05) is 78.2 Å². The third kappa shape index (κ3) is 13.9. The molecule has 0 aliphatic heterocycles. The van der Waals surface area contributed by atoms with Crippen molar-refractivity contribution in [1.29, 1.82) is 0 Å². The van der Waals surface area contributed by atoms with Crippen molar-refractivity contribution in [2.24, 2.45) is 0 Å². The number of nitrogens with one attached hydrogen (secondary N) is 4. The van der Waals surface area contributed by atoms with Gasteiger partial charge in [0.15, 0.2) is 0 Å². The number of carbonyl (C=O) groups is 4. The number of thiazole rings is 2. The first-order valence-corrected chi connectivity index (χ1v) is 18.9. The number of ether oxygens (including phenoxy) is 1. The van der Waals surface area contributed by atoms with E-state index in [0.29, 0.717) is 12.8 Å². The van der Waals surface area contributed by atoms with Crippen molar-refractivity contribution in [2.45, 2.75) is 77.2 Å². The Morgan fingerprint density at radius 2 is 1.52 bits per heavy atom. The molecule has 276 valence electrons. The molecule has 2 unspecified atom stereocenters. The SMILES string of the molecule is CC(=O)NCC[C@H](NC(=O)N(C)Cc1csc(C(C)C)n1)C(=O)NC(/C=C/C(Cc1ccccc1)NC(=O)OCc1cncs1)Cc1ccccc1. The molecule has 0 spiro atoms. The Morgan fingerprint density at radius 1 is 0.885 bits per heavy atom. The van der Waals surface area contributed by atoms with Gasteiger partial charge in [-0.3, -0.25) is 14.6 Å². The van der Waals surface area contributed by atoms with Crippen LogP contribution in [0.5, 0.6) is 0 Å². The van der Waals surface area contributed by atoms with Crippen molar-refractivity contribution in [3.05, 3.63) is 117 Å². The molecule has 12 nitrogen and oxygen atoms in total. The highest BCUT2D eigenvalue weighted by molar-refractivity contribution is 7.09. The molecule has 0 aliphatic carbocycles. The third-order valence-corrected chi connectivity index (χ3v) is 9.81. The van der Waals surface area contributed by atoms with Crippen LogP contribution in [-0.2, 0) is 40.3 Å². The number of carbonyl (C=O) groups excluding carboxylic acids is 4. The lowest BCUT2D eigenvalue weighted by Crippen LogP contribution is -2.53. The second-order valence-electron chi connectivity index (χ2n) is 12.6. The van der Waals surface area contributed by atoms with E-state index in [1.165, 1.54) is 23.2 Å². The van der Waals surface area contributed by atoms with Crippen molar-refractivity contribution in [3.63, 3.8) is 0 Å². The fourth-order valence-corrected chi connectivity index (χ4v) is 6.49. The zero-order chi connectivity index (χ0) is 37.3. The van der Waals surface area contributed by atoms with E-state index in [9.17, 15) is 19.2 Å². The molecule has 3 atom stereocenters. The lowest BCUT2D eigenvalue weighted by atomic mass is 10.0. The minimum Gasteiger partial charge on any atom is -0.444 e. The summed E-state index contributed by atoms with van der Waals surface area (Å²) in [5.41, 5.74) is 4.44. The van der Waals surface area contributed by atoms with Gasteiger partial charge in [0.1, 0.15) is 12.6 Å². The van der Waals surface area contributed by atoms with Gasteiger partial charge in [-0.15, -0.1) is 22.7 Å². The topological polar surface area (TPSA) is 155 Å². The van der Waals surface area contributed by atoms with Crippen LogP contribution in [0.1, 0.15) is 59.8 Å². The molecular weight excluding hydrogens is 699 g/mol. The number of aromatic nitrogens is 2. The molecule has 52 heavy (non-hydrogen) atoms. The Bertz CT molecular complexity index is 1730. The molecule has 0 saturated heterocycles. The van der Waals surface area contributed by atoms with Crippen LogP contribution in [0, 0.1) is 0 Å². The number of hydrogen-bond donors (Lipinski definition) is 4. The molecule has 14 heteroatoms. The first kappa shape index (κ1) is 39.7. The average Bonchev–Trinajstić information content (AvgIpc) is 3.83. The maximum Gasteiger partial charge on any atom is 0.407 e. The summed E-state index contributed by atoms with van der Waals surface area (Å²) in [6.07, 6.45) is 5.89. The van der Waals surface area contributed by atoms with Crippen LogP contribution >= 0.6 is 22.7 Å². The van der Waals surface area contributed by atoms with E-state index >= 15 is 0 Å². The molecule has 0 radical (unpaired) electrons. The van der Waals surface area contributed by atoms with E-state index < -0.39 is 36.2 Å². The van der Waals surface area contributed by atoms with Gasteiger partial charge < -0.3 is 30.9 Å². The smallest absolute Gasteiger partial charge is 0.407 e. The van der Waals surface area contributed by atoms with E-state index in [4.69, 9.17) is 4.74 Å². The molecular formula is C38H47N7O5S2. The second-order valence-corrected chi connectivity index (χ2v) is 14.5. The normalized spacial score (nSPS) is 12.9. The Morgan fingerprint density at radius 3 is 2.08 bits per heavy atom. The van der Waals surface area contributed by atoms with Gasteiger partial charge in [0, 0.05) is 38.0 Å². The van der Waals surface area contributed by atoms with Gasteiger partial charge in [0.05, 0.1) is 39.7 Å². The van der Waals surface area contributed by atoms with Crippen molar-refractivity contribution in [3.8, 4) is 0 Å². The van der Waals surface area contributed by atoms with Gasteiger partial charge in [-0.05, 0) is 30.4 Å². The summed E-state index contributed by atoms with van der Waals surface area (Å²) in [6, 6.07) is 17.1. The first-order valence-electron chi connectivity index (χ1n) is 17.1. The molecule has 2 heterocycles. The number of benzene rings is 2. The lowest BCUT2D eigenvalue weighted by Gasteiger charge is -2.25. The summed E-state index contributed by atoms with van der Waals surface area (Å²) in [6.45, 7) is 6.10. The molecule has 2 aromatic carbocycles. The van der Waals surface area contributed by atoms with Crippen LogP contribution in [-0.4, -0.2) is 70.5 Å². The largest absolute Gasteiger partial charge is 0.444 e. The highest BCUT2D eigenvalue weighted by Crippen LogP contribution is 2.20. The number of urea groups is 1. The first-order chi connectivity index (χ1) is 25.0. The minimum atomic E-state index is -0.949. The van der Waals surface area contributed by atoms with E-state index in [-0.39, 0.29) is 37.9 Å². The maximum absolute atomic E-state index is 13.9. The Hall–Kier alpha value is -5.08. The Balaban J connectivity index is 1.50. The highest BCUT2D eigenvalue weighted by atomic mass is 32.1. The standard InChI is InChI=1S/C38H47N7O5S2/c1-26(2)36-42-32(24-51-36)22-45(4)37(48)44-34(17-18-40-27(3)46)35(47)41-30(19-28-11-7-5-8-12-28)15-16-31(20-29-13-9-6-10-14-29)43-38(49)50-23-33-21-39-25-52-33/h5-16,21,24-26,30-31,34H,17-20,22-23H2,1-4H3,(H,40,46)(H,41,47)(H,43,49)(H,44,48)/b16-15+/t30?,31?,34-/m0/s1. The van der Waals surface area contributed by atoms with E-state index in [1.54, 1.807) is 30.1 Å². The van der Waals surface area contributed by atoms with Gasteiger partial charge >= 0.3 is 12.1 Å². The van der Waals surface area contributed by atoms with Crippen LogP contribution in [0.2, 0.25) is 0 Å². The van der Waals surface area contributed by atoms with Crippen LogP contribution in [0.4, 0.5) is 9.59 Å². The van der Waals surface area contributed by atoms with Crippen LogP contribution < -0.4 is 21.3 Å². The predicted molar refractivity (Wildman–Crippen MR) is 204 cm³/mol. The summed E-state index contributed by atoms with van der Waals surface area (Å²) in [7, 11) is 1.65. The molecule has 0 aliphatic rings. The molecule has 4 N–H and O–H groups in total. The highest BCUT2D eigenvalue weighted by Gasteiger charge is 2.25. The van der Waals surface area contributed by atoms with Gasteiger partial charge in [0.25, 0.3) is 0 Å². The van der Waals surface area contributed by atoms with Gasteiger partial charge in [-0.1, -0.05) is 86.7 Å². The van der Waals surface area contributed by atoms with Crippen molar-refractivity contribution in [1.82, 2.24) is 36.1 Å². The fraction of sp³-hybridized carbons (Fsp3) is 0.368. The van der Waals surface area contributed by atoms with Crippen LogP contribution in [0.3, 0.4) is 0 Å². The minimum absolute atomic E-state index is 0.106. The molecule has 0 saturated carbocycles. The van der Waals surface area contributed by atoms with Gasteiger partial charge in [-0.25, -0.2) is 14.6 Å². The van der Waals surface area contributed by atoms with E-state index in [2.05, 4.69) is 45.1 Å². The van der Waals surface area contributed by atoms with E-state index in [0.717, 1.165) is 26.7 Å². The lowest BCUT2D eigenvalue weighted by molar-refractivity contribution is -0.124. The zero-order valence-electron chi connectivity index (χ0n) is 29.9. The number of alkyl carbamates (subject to hydrolysis) is 1. The third-order valence-electron chi connectivity index (χ3n) is 7.86. The Kier molecular flexibility index (Phi) is 15.8. The number of rotatable bonds is 18. The maximum atomic E-state index is 13.9. The molecule has 0 fully saturated rings. The monoisotopic (exact) mass is 745 g/mol. The van der Waals surface area contributed by atoms with Crippen molar-refractivity contribution < 1.29 is 23.9 Å². The van der Waals surface area contributed by atoms with Gasteiger partial charge in [-0.2, -0.15) is 0 Å². The predicted octanol–water partition coefficient (Wildman–Crippen LogP) is 5.58. The zero-order valence-corrected chi connectivity index (χ0v) is 31.5. The Labute approximate surface area is 313 Å². The quantitative estimate of drug-likeness (QED) is 0.0970. The molecule has 0 bridgehead atoms.